The second-order valence-electron chi connectivity index (χ2n) is 10.7. The molecular weight excluding hydrogens is 484 g/mol. The lowest BCUT2D eigenvalue weighted by atomic mass is 9.99. The van der Waals surface area contributed by atoms with Crippen molar-refractivity contribution in [2.45, 2.75) is 0 Å². The van der Waals surface area contributed by atoms with Crippen molar-refractivity contribution in [3.8, 4) is 27.9 Å². The fourth-order valence-electron chi connectivity index (χ4n) is 6.80. The van der Waals surface area contributed by atoms with E-state index >= 15 is 0 Å². The van der Waals surface area contributed by atoms with E-state index in [1.54, 1.807) is 0 Å². The maximum atomic E-state index is 4.47. The molecule has 1 aliphatic carbocycles. The fraction of sp³-hybridized carbons (Fsp3) is 0. The fourth-order valence-corrected chi connectivity index (χ4v) is 6.80. The average molecular weight is 509 g/mol. The van der Waals surface area contributed by atoms with E-state index in [1.165, 1.54) is 77.2 Å². The Balaban J connectivity index is 1.17. The Morgan fingerprint density at radius 1 is 0.500 bits per heavy atom. The zero-order valence-electron chi connectivity index (χ0n) is 21.8. The van der Waals surface area contributed by atoms with Crippen LogP contribution in [0.15, 0.2) is 134 Å². The predicted octanol–water partition coefficient (Wildman–Crippen LogP) is 10.1. The van der Waals surface area contributed by atoms with Gasteiger partial charge in [0, 0.05) is 38.3 Å². The van der Waals surface area contributed by atoms with Crippen molar-refractivity contribution < 1.29 is 0 Å². The van der Waals surface area contributed by atoms with Gasteiger partial charge in [0.1, 0.15) is 0 Å². The van der Waals surface area contributed by atoms with Gasteiger partial charge >= 0.3 is 0 Å². The lowest BCUT2D eigenvalue weighted by Crippen LogP contribution is -1.93. The monoisotopic (exact) mass is 508 g/mol. The van der Waals surface area contributed by atoms with Gasteiger partial charge in [-0.2, -0.15) is 0 Å². The van der Waals surface area contributed by atoms with E-state index in [9.17, 15) is 0 Å². The number of H-pyrrole nitrogens is 1. The van der Waals surface area contributed by atoms with Crippen molar-refractivity contribution in [2.75, 3.05) is 0 Å². The Kier molecular flexibility index (Phi) is 4.23. The van der Waals surface area contributed by atoms with Gasteiger partial charge in [0.2, 0.25) is 0 Å². The first-order valence-corrected chi connectivity index (χ1v) is 13.7. The van der Waals surface area contributed by atoms with Crippen LogP contribution in [-0.4, -0.2) is 9.55 Å². The SMILES string of the molecule is C=C1c2ccccc2-c2ccc3c([nH]c4ccc(-c5ccc(-n6c7ccccc7c7ccccc76)cc5)cc43)c21. The smallest absolute Gasteiger partial charge is 0.0550 e. The summed E-state index contributed by atoms with van der Waals surface area (Å²) in [6, 6.07) is 46.1. The van der Waals surface area contributed by atoms with Crippen molar-refractivity contribution in [2.24, 2.45) is 0 Å². The summed E-state index contributed by atoms with van der Waals surface area (Å²) in [4.78, 5) is 3.72. The van der Waals surface area contributed by atoms with Gasteiger partial charge in [-0.1, -0.05) is 97.6 Å². The third kappa shape index (κ3) is 2.82. The Morgan fingerprint density at radius 2 is 1.15 bits per heavy atom. The van der Waals surface area contributed by atoms with Crippen LogP contribution in [0.1, 0.15) is 11.1 Å². The quantitative estimate of drug-likeness (QED) is 0.240. The van der Waals surface area contributed by atoms with E-state index in [4.69, 9.17) is 0 Å². The number of benzene rings is 6. The van der Waals surface area contributed by atoms with Gasteiger partial charge in [-0.3, -0.25) is 0 Å². The molecule has 40 heavy (non-hydrogen) atoms. The summed E-state index contributed by atoms with van der Waals surface area (Å²) in [7, 11) is 0. The van der Waals surface area contributed by atoms with Crippen LogP contribution in [0.4, 0.5) is 0 Å². The maximum absolute atomic E-state index is 4.47. The van der Waals surface area contributed by atoms with Crippen molar-refractivity contribution in [3.05, 3.63) is 145 Å². The molecular formula is C38H24N2. The van der Waals surface area contributed by atoms with Crippen LogP contribution in [0.25, 0.3) is 77.1 Å². The highest BCUT2D eigenvalue weighted by Gasteiger charge is 2.25. The number of rotatable bonds is 2. The molecule has 0 unspecified atom stereocenters. The summed E-state index contributed by atoms with van der Waals surface area (Å²) in [5.74, 6) is 0. The minimum atomic E-state index is 1.10. The third-order valence-corrected chi connectivity index (χ3v) is 8.66. The summed E-state index contributed by atoms with van der Waals surface area (Å²) in [5.41, 5.74) is 14.5. The second-order valence-corrected chi connectivity index (χ2v) is 10.7. The van der Waals surface area contributed by atoms with E-state index in [1.807, 2.05) is 0 Å². The summed E-state index contributed by atoms with van der Waals surface area (Å²) in [6.45, 7) is 4.47. The zero-order chi connectivity index (χ0) is 26.4. The molecule has 0 spiro atoms. The molecule has 1 aliphatic rings. The second kappa shape index (κ2) is 7.84. The van der Waals surface area contributed by atoms with Crippen LogP contribution in [0.2, 0.25) is 0 Å². The number of para-hydroxylation sites is 2. The Hall–Kier alpha value is -5.34. The van der Waals surface area contributed by atoms with Gasteiger partial charge in [0.05, 0.1) is 16.6 Å². The van der Waals surface area contributed by atoms with Gasteiger partial charge in [0.25, 0.3) is 0 Å². The summed E-state index contributed by atoms with van der Waals surface area (Å²) in [6.07, 6.45) is 0. The number of nitrogens with one attached hydrogen (secondary N) is 1. The highest BCUT2D eigenvalue weighted by atomic mass is 15.0. The minimum Gasteiger partial charge on any atom is -0.354 e. The largest absolute Gasteiger partial charge is 0.354 e. The number of nitrogens with zero attached hydrogens (tertiary/aromatic N) is 1. The molecule has 2 heterocycles. The van der Waals surface area contributed by atoms with Gasteiger partial charge in [-0.05, 0) is 69.8 Å². The van der Waals surface area contributed by atoms with Crippen molar-refractivity contribution in [1.82, 2.24) is 9.55 Å². The molecule has 8 aromatic rings. The molecule has 0 fully saturated rings. The van der Waals surface area contributed by atoms with E-state index in [2.05, 4.69) is 144 Å². The van der Waals surface area contributed by atoms with Crippen molar-refractivity contribution in [3.63, 3.8) is 0 Å². The number of fused-ring (bicyclic) bond motifs is 10. The van der Waals surface area contributed by atoms with Crippen LogP contribution in [0, 0.1) is 0 Å². The van der Waals surface area contributed by atoms with E-state index in [0.29, 0.717) is 0 Å². The van der Waals surface area contributed by atoms with E-state index < -0.39 is 0 Å². The van der Waals surface area contributed by atoms with Crippen LogP contribution < -0.4 is 0 Å². The number of hydrogen-bond acceptors (Lipinski definition) is 0. The molecule has 2 heteroatoms. The van der Waals surface area contributed by atoms with Crippen LogP contribution in [0.5, 0.6) is 0 Å². The lowest BCUT2D eigenvalue weighted by Gasteiger charge is -2.09. The molecule has 6 aromatic carbocycles. The molecule has 0 saturated carbocycles. The Morgan fingerprint density at radius 3 is 1.90 bits per heavy atom. The summed E-state index contributed by atoms with van der Waals surface area (Å²) < 4.78 is 2.36. The first-order chi connectivity index (χ1) is 19.8. The standard InChI is InChI=1S/C38H24N2/c1-23-27-8-2-3-9-28(27)31-19-20-32-33-22-25(16-21-34(33)39-38(32)37(23)31)24-14-17-26(18-15-24)40-35-12-6-4-10-29(35)30-11-5-7-13-36(30)40/h2-22,39H,1H2. The highest BCUT2D eigenvalue weighted by Crippen LogP contribution is 2.47. The van der Waals surface area contributed by atoms with E-state index in [0.717, 1.165) is 11.1 Å². The van der Waals surface area contributed by atoms with Gasteiger partial charge in [-0.15, -0.1) is 0 Å². The van der Waals surface area contributed by atoms with Gasteiger partial charge in [-0.25, -0.2) is 0 Å². The molecule has 1 N–H and O–H groups in total. The maximum Gasteiger partial charge on any atom is 0.0550 e. The van der Waals surface area contributed by atoms with E-state index in [-0.39, 0.29) is 0 Å². The topological polar surface area (TPSA) is 20.7 Å². The first-order valence-electron chi connectivity index (χ1n) is 13.7. The first kappa shape index (κ1) is 21.6. The highest BCUT2D eigenvalue weighted by molar-refractivity contribution is 6.17. The van der Waals surface area contributed by atoms with Crippen LogP contribution in [-0.2, 0) is 0 Å². The van der Waals surface area contributed by atoms with Gasteiger partial charge in [0.15, 0.2) is 0 Å². The molecule has 0 radical (unpaired) electrons. The number of hydrogen-bond donors (Lipinski definition) is 1. The van der Waals surface area contributed by atoms with Crippen LogP contribution >= 0.6 is 0 Å². The molecule has 0 atom stereocenters. The van der Waals surface area contributed by atoms with Crippen molar-refractivity contribution in [1.29, 1.82) is 0 Å². The molecule has 0 amide bonds. The molecule has 9 rings (SSSR count). The van der Waals surface area contributed by atoms with Crippen LogP contribution in [0.3, 0.4) is 0 Å². The minimum absolute atomic E-state index is 1.10. The zero-order valence-corrected chi connectivity index (χ0v) is 21.8. The predicted molar refractivity (Wildman–Crippen MR) is 169 cm³/mol. The molecule has 2 aromatic heterocycles. The normalized spacial score (nSPS) is 12.6. The summed E-state index contributed by atoms with van der Waals surface area (Å²) >= 11 is 0. The Labute approximate surface area is 231 Å². The van der Waals surface area contributed by atoms with Crippen molar-refractivity contribution >= 4 is 49.2 Å². The number of aromatic amines is 1. The Bertz CT molecular complexity index is 2270. The molecule has 186 valence electrons. The molecule has 0 bridgehead atoms. The lowest BCUT2D eigenvalue weighted by molar-refractivity contribution is 1.18. The number of aromatic nitrogens is 2. The molecule has 0 saturated heterocycles. The third-order valence-electron chi connectivity index (χ3n) is 8.66. The summed E-state index contributed by atoms with van der Waals surface area (Å²) in [5, 5.41) is 5.05. The molecule has 0 aliphatic heterocycles. The molecule has 2 nitrogen and oxygen atoms in total. The van der Waals surface area contributed by atoms with Gasteiger partial charge < -0.3 is 9.55 Å². The average Bonchev–Trinajstić information content (AvgIpc) is 3.65.